The Balaban J connectivity index is 1.19. The lowest BCUT2D eigenvalue weighted by Gasteiger charge is -2.37. The van der Waals surface area contributed by atoms with Crippen LogP contribution in [-0.4, -0.2) is 50.9 Å². The van der Waals surface area contributed by atoms with Crippen LogP contribution in [0.3, 0.4) is 0 Å². The van der Waals surface area contributed by atoms with Crippen molar-refractivity contribution in [1.82, 2.24) is 4.31 Å². The molecule has 2 aromatic rings. The lowest BCUT2D eigenvalue weighted by Crippen LogP contribution is -2.46. The van der Waals surface area contributed by atoms with Crippen LogP contribution in [0.15, 0.2) is 53.4 Å². The Kier molecular flexibility index (Phi) is 5.18. The van der Waals surface area contributed by atoms with Gasteiger partial charge in [0.1, 0.15) is 0 Å². The maximum absolute atomic E-state index is 13.1. The third kappa shape index (κ3) is 3.80. The second-order valence-corrected chi connectivity index (χ2v) is 9.97. The summed E-state index contributed by atoms with van der Waals surface area (Å²) in [5.41, 5.74) is 0.852. The second kappa shape index (κ2) is 7.85. The minimum Gasteiger partial charge on any atom is -0.454 e. The summed E-state index contributed by atoms with van der Waals surface area (Å²) in [4.78, 5) is 0.235. The summed E-state index contributed by atoms with van der Waals surface area (Å²) in [6.07, 6.45) is 2.18. The number of nitrogens with zero attached hydrogens (tertiary/aromatic N) is 1. The lowest BCUT2D eigenvalue weighted by molar-refractivity contribution is -0.0343. The number of ether oxygens (including phenoxy) is 4. The first kappa shape index (κ1) is 19.8. The topological polar surface area (TPSA) is 74.3 Å². The Morgan fingerprint density at radius 2 is 1.80 bits per heavy atom. The van der Waals surface area contributed by atoms with Crippen molar-refractivity contribution in [1.29, 1.82) is 0 Å². The van der Waals surface area contributed by atoms with Crippen LogP contribution >= 0.6 is 0 Å². The molecule has 3 heterocycles. The Morgan fingerprint density at radius 3 is 2.60 bits per heavy atom. The van der Waals surface area contributed by atoms with E-state index in [1.807, 2.05) is 30.3 Å². The number of piperidine rings is 1. The van der Waals surface area contributed by atoms with Crippen LogP contribution in [0.2, 0.25) is 0 Å². The Bertz CT molecular complexity index is 1000. The van der Waals surface area contributed by atoms with Gasteiger partial charge >= 0.3 is 0 Å². The molecule has 2 saturated heterocycles. The summed E-state index contributed by atoms with van der Waals surface area (Å²) >= 11 is 0. The number of hydrogen-bond acceptors (Lipinski definition) is 6. The molecule has 0 N–H and O–H groups in total. The number of hydrogen-bond donors (Lipinski definition) is 0. The maximum atomic E-state index is 13.1. The molecule has 8 heteroatoms. The van der Waals surface area contributed by atoms with E-state index in [0.717, 1.165) is 12.0 Å². The van der Waals surface area contributed by atoms with Gasteiger partial charge in [-0.05, 0) is 30.5 Å². The van der Waals surface area contributed by atoms with E-state index in [9.17, 15) is 8.42 Å². The van der Waals surface area contributed by atoms with Crippen molar-refractivity contribution in [3.8, 4) is 11.5 Å². The first-order chi connectivity index (χ1) is 14.5. The van der Waals surface area contributed by atoms with Crippen molar-refractivity contribution in [2.75, 3.05) is 26.5 Å². The predicted molar refractivity (Wildman–Crippen MR) is 109 cm³/mol. The summed E-state index contributed by atoms with van der Waals surface area (Å²) in [7, 11) is -3.58. The molecular weight excluding hydrogens is 406 g/mol. The zero-order valence-electron chi connectivity index (χ0n) is 16.7. The van der Waals surface area contributed by atoms with Crippen molar-refractivity contribution in [2.45, 2.75) is 42.5 Å². The summed E-state index contributed by atoms with van der Waals surface area (Å²) < 4.78 is 50.5. The van der Waals surface area contributed by atoms with E-state index < -0.39 is 10.0 Å². The normalized spacial score (nSPS) is 23.1. The molecule has 3 aliphatic heterocycles. The molecule has 0 saturated carbocycles. The predicted octanol–water partition coefficient (Wildman–Crippen LogP) is 2.94. The molecule has 0 radical (unpaired) electrons. The highest BCUT2D eigenvalue weighted by Crippen LogP contribution is 2.39. The number of fused-ring (bicyclic) bond motifs is 1. The van der Waals surface area contributed by atoms with E-state index in [4.69, 9.17) is 18.9 Å². The monoisotopic (exact) mass is 431 g/mol. The molecule has 160 valence electrons. The molecule has 2 aromatic carbocycles. The maximum Gasteiger partial charge on any atom is 0.243 e. The van der Waals surface area contributed by atoms with Gasteiger partial charge in [0.05, 0.1) is 29.8 Å². The molecule has 7 nitrogen and oxygen atoms in total. The van der Waals surface area contributed by atoms with Crippen LogP contribution in [0.5, 0.6) is 11.5 Å². The van der Waals surface area contributed by atoms with Gasteiger partial charge in [0.2, 0.25) is 16.8 Å². The highest BCUT2D eigenvalue weighted by Gasteiger charge is 2.45. The highest BCUT2D eigenvalue weighted by atomic mass is 32.2. The van der Waals surface area contributed by atoms with E-state index in [1.54, 1.807) is 18.2 Å². The first-order valence-electron chi connectivity index (χ1n) is 10.2. The van der Waals surface area contributed by atoms with Crippen molar-refractivity contribution in [3.05, 3.63) is 54.1 Å². The van der Waals surface area contributed by atoms with Gasteiger partial charge in [-0.1, -0.05) is 30.3 Å². The van der Waals surface area contributed by atoms with Gasteiger partial charge in [-0.2, -0.15) is 4.31 Å². The summed E-state index contributed by atoms with van der Waals surface area (Å²) in [6.45, 7) is 2.11. The molecule has 1 spiro atoms. The smallest absolute Gasteiger partial charge is 0.243 e. The fraction of sp³-hybridized carbons (Fsp3) is 0.455. The van der Waals surface area contributed by atoms with Crippen LogP contribution in [0.25, 0.3) is 0 Å². The molecule has 3 aliphatic rings. The molecule has 0 amide bonds. The molecule has 1 atom stereocenters. The molecule has 0 aliphatic carbocycles. The van der Waals surface area contributed by atoms with Gasteiger partial charge in [0.15, 0.2) is 11.5 Å². The van der Waals surface area contributed by atoms with Crippen molar-refractivity contribution in [3.63, 3.8) is 0 Å². The fourth-order valence-electron chi connectivity index (χ4n) is 4.37. The van der Waals surface area contributed by atoms with Gasteiger partial charge in [-0.15, -0.1) is 0 Å². The minimum atomic E-state index is -3.58. The van der Waals surface area contributed by atoms with Crippen molar-refractivity contribution < 1.29 is 27.4 Å². The molecular formula is C22H25NO6S. The van der Waals surface area contributed by atoms with Crippen LogP contribution in [0, 0.1) is 0 Å². The standard InChI is InChI=1S/C22H25NO6S/c24-30(25,19-6-7-20-21(12-19)28-16-27-20)23-10-8-22(9-11-23)13-18(15-29-22)26-14-17-4-2-1-3-5-17/h1-7,12,18H,8-11,13-16H2/t18-/m1/s1. The number of benzene rings is 2. The third-order valence-electron chi connectivity index (χ3n) is 6.12. The van der Waals surface area contributed by atoms with Gasteiger partial charge < -0.3 is 18.9 Å². The number of sulfonamides is 1. The lowest BCUT2D eigenvalue weighted by atomic mass is 9.89. The van der Waals surface area contributed by atoms with Gasteiger partial charge in [0.25, 0.3) is 0 Å². The van der Waals surface area contributed by atoms with Crippen LogP contribution in [-0.2, 0) is 26.1 Å². The first-order valence-corrected chi connectivity index (χ1v) is 11.7. The molecule has 2 fully saturated rings. The average molecular weight is 432 g/mol. The van der Waals surface area contributed by atoms with Crippen molar-refractivity contribution in [2.24, 2.45) is 0 Å². The van der Waals surface area contributed by atoms with E-state index in [-0.39, 0.29) is 23.4 Å². The Labute approximate surface area is 176 Å². The van der Waals surface area contributed by atoms with Crippen LogP contribution in [0.4, 0.5) is 0 Å². The molecule has 5 rings (SSSR count). The summed E-state index contributed by atoms with van der Waals surface area (Å²) in [6, 6.07) is 14.9. The molecule has 0 aromatic heterocycles. The largest absolute Gasteiger partial charge is 0.454 e. The van der Waals surface area contributed by atoms with Gasteiger partial charge in [-0.3, -0.25) is 0 Å². The second-order valence-electron chi connectivity index (χ2n) is 8.04. The fourth-order valence-corrected chi connectivity index (χ4v) is 5.82. The zero-order valence-corrected chi connectivity index (χ0v) is 17.5. The van der Waals surface area contributed by atoms with Crippen LogP contribution in [0.1, 0.15) is 24.8 Å². The number of rotatable bonds is 5. The quantitative estimate of drug-likeness (QED) is 0.725. The Hall–Kier alpha value is -2.13. The van der Waals surface area contributed by atoms with E-state index in [1.165, 1.54) is 4.31 Å². The highest BCUT2D eigenvalue weighted by molar-refractivity contribution is 7.89. The SMILES string of the molecule is O=S(=O)(c1ccc2c(c1)OCO2)N1CCC2(CC1)C[C@@H](OCc1ccccc1)CO2. The molecule has 0 bridgehead atoms. The van der Waals surface area contributed by atoms with E-state index in [0.29, 0.717) is 50.6 Å². The summed E-state index contributed by atoms with van der Waals surface area (Å²) in [5.74, 6) is 1.05. The van der Waals surface area contributed by atoms with Crippen molar-refractivity contribution >= 4 is 10.0 Å². The van der Waals surface area contributed by atoms with E-state index in [2.05, 4.69) is 0 Å². The average Bonchev–Trinajstić information content (AvgIpc) is 3.40. The summed E-state index contributed by atoms with van der Waals surface area (Å²) in [5, 5.41) is 0. The zero-order chi connectivity index (χ0) is 20.6. The van der Waals surface area contributed by atoms with Gasteiger partial charge in [0, 0.05) is 25.6 Å². The molecule has 0 unspecified atom stereocenters. The third-order valence-corrected chi connectivity index (χ3v) is 8.01. The minimum absolute atomic E-state index is 0.0437. The Morgan fingerprint density at radius 1 is 1.03 bits per heavy atom. The van der Waals surface area contributed by atoms with Crippen LogP contribution < -0.4 is 9.47 Å². The molecule has 30 heavy (non-hydrogen) atoms. The van der Waals surface area contributed by atoms with Gasteiger partial charge in [-0.25, -0.2) is 8.42 Å². The van der Waals surface area contributed by atoms with E-state index >= 15 is 0 Å².